The van der Waals surface area contributed by atoms with Gasteiger partial charge < -0.3 is 19.9 Å². The zero-order valence-electron chi connectivity index (χ0n) is 13.4. The molecule has 0 spiro atoms. The van der Waals surface area contributed by atoms with Gasteiger partial charge in [-0.15, -0.1) is 0 Å². The van der Waals surface area contributed by atoms with Crippen molar-refractivity contribution in [3.05, 3.63) is 76.5 Å². The highest BCUT2D eigenvalue weighted by Crippen LogP contribution is 2.26. The number of hydrogen-bond donors (Lipinski definition) is 3. The summed E-state index contributed by atoms with van der Waals surface area (Å²) >= 11 is 6.07. The Kier molecular flexibility index (Phi) is 4.95. The number of furan rings is 1. The van der Waals surface area contributed by atoms with Crippen LogP contribution in [0.25, 0.3) is 11.3 Å². The van der Waals surface area contributed by atoms with Crippen LogP contribution in [0.3, 0.4) is 0 Å². The van der Waals surface area contributed by atoms with Crippen LogP contribution in [0.5, 0.6) is 0 Å². The lowest BCUT2D eigenvalue weighted by molar-refractivity contribution is 0.0686. The van der Waals surface area contributed by atoms with Crippen LogP contribution in [-0.2, 0) is 6.54 Å². The topological polar surface area (TPSA) is 99.8 Å². The molecule has 0 aliphatic rings. The van der Waals surface area contributed by atoms with Crippen LogP contribution in [0.2, 0.25) is 5.02 Å². The zero-order valence-corrected chi connectivity index (χ0v) is 14.2. The first-order chi connectivity index (χ1) is 12.4. The Morgan fingerprint density at radius 3 is 2.23 bits per heavy atom. The summed E-state index contributed by atoms with van der Waals surface area (Å²) in [6.07, 6.45) is 0. The van der Waals surface area contributed by atoms with Crippen LogP contribution in [0.4, 0.5) is 5.69 Å². The van der Waals surface area contributed by atoms with Crippen molar-refractivity contribution < 1.29 is 24.2 Å². The van der Waals surface area contributed by atoms with E-state index in [1.165, 1.54) is 30.3 Å². The zero-order chi connectivity index (χ0) is 18.7. The van der Waals surface area contributed by atoms with E-state index in [-0.39, 0.29) is 11.1 Å². The Bertz CT molecular complexity index is 962. The molecule has 0 unspecified atom stereocenters. The van der Waals surface area contributed by atoms with Crippen molar-refractivity contribution in [1.82, 2.24) is 0 Å². The number of carbonyl (C=O) groups is 2. The van der Waals surface area contributed by atoms with Gasteiger partial charge in [-0.2, -0.15) is 0 Å². The molecule has 3 aromatic rings. The summed E-state index contributed by atoms with van der Waals surface area (Å²) in [7, 11) is 0. The van der Waals surface area contributed by atoms with Gasteiger partial charge in [-0.3, -0.25) is 0 Å². The molecule has 0 radical (unpaired) electrons. The minimum absolute atomic E-state index is 0.135. The largest absolute Gasteiger partial charge is 0.478 e. The van der Waals surface area contributed by atoms with Gasteiger partial charge >= 0.3 is 11.9 Å². The molecular weight excluding hydrogens is 358 g/mol. The molecule has 0 aliphatic heterocycles. The van der Waals surface area contributed by atoms with Crippen molar-refractivity contribution in [2.24, 2.45) is 0 Å². The average molecular weight is 372 g/mol. The molecule has 0 bridgehead atoms. The summed E-state index contributed by atoms with van der Waals surface area (Å²) < 4.78 is 5.74. The second-order valence-corrected chi connectivity index (χ2v) is 5.91. The number of halogens is 1. The van der Waals surface area contributed by atoms with Crippen molar-refractivity contribution in [1.29, 1.82) is 0 Å². The van der Waals surface area contributed by atoms with Crippen molar-refractivity contribution in [2.75, 3.05) is 5.32 Å². The first kappa shape index (κ1) is 17.6. The molecule has 3 N–H and O–H groups in total. The maximum Gasteiger partial charge on any atom is 0.335 e. The molecule has 26 heavy (non-hydrogen) atoms. The number of aromatic carboxylic acids is 2. The van der Waals surface area contributed by atoms with E-state index in [1.807, 2.05) is 0 Å². The van der Waals surface area contributed by atoms with Gasteiger partial charge in [0, 0.05) is 5.56 Å². The number of carboxylic acid groups (broad SMARTS) is 2. The van der Waals surface area contributed by atoms with E-state index < -0.39 is 11.9 Å². The summed E-state index contributed by atoms with van der Waals surface area (Å²) in [5.41, 5.74) is 1.59. The second-order valence-electron chi connectivity index (χ2n) is 5.50. The SMILES string of the molecule is O=C(O)c1ccc(-c2ccc(CNc3cc(C(=O)O)ccc3Cl)o2)cc1. The minimum Gasteiger partial charge on any atom is -0.478 e. The van der Waals surface area contributed by atoms with E-state index in [0.29, 0.717) is 28.8 Å². The fourth-order valence-corrected chi connectivity index (χ4v) is 2.57. The first-order valence-corrected chi connectivity index (χ1v) is 8.01. The van der Waals surface area contributed by atoms with E-state index in [4.69, 9.17) is 26.2 Å². The first-order valence-electron chi connectivity index (χ1n) is 7.63. The number of benzene rings is 2. The van der Waals surface area contributed by atoms with Crippen LogP contribution in [-0.4, -0.2) is 22.2 Å². The van der Waals surface area contributed by atoms with Crippen LogP contribution >= 0.6 is 11.6 Å². The molecule has 3 rings (SSSR count). The number of anilines is 1. The fraction of sp³-hybridized carbons (Fsp3) is 0.0526. The van der Waals surface area contributed by atoms with Gasteiger partial charge in [0.1, 0.15) is 11.5 Å². The molecule has 7 heteroatoms. The Morgan fingerprint density at radius 2 is 1.58 bits per heavy atom. The van der Waals surface area contributed by atoms with Gasteiger partial charge in [0.05, 0.1) is 28.4 Å². The average Bonchev–Trinajstić information content (AvgIpc) is 3.10. The van der Waals surface area contributed by atoms with Gasteiger partial charge in [-0.05, 0) is 42.5 Å². The molecule has 0 aliphatic carbocycles. The summed E-state index contributed by atoms with van der Waals surface area (Å²) in [5.74, 6) is -0.792. The lowest BCUT2D eigenvalue weighted by Crippen LogP contribution is -2.02. The van der Waals surface area contributed by atoms with E-state index in [0.717, 1.165) is 5.56 Å². The van der Waals surface area contributed by atoms with Crippen molar-refractivity contribution in [3.8, 4) is 11.3 Å². The van der Waals surface area contributed by atoms with Gasteiger partial charge in [0.25, 0.3) is 0 Å². The predicted octanol–water partition coefficient (Wildman–Crippen LogP) is 4.61. The van der Waals surface area contributed by atoms with Crippen LogP contribution in [0.15, 0.2) is 59.0 Å². The second kappa shape index (κ2) is 7.33. The normalized spacial score (nSPS) is 10.5. The van der Waals surface area contributed by atoms with Gasteiger partial charge in [-0.25, -0.2) is 9.59 Å². The molecule has 0 fully saturated rings. The number of carboxylic acids is 2. The van der Waals surface area contributed by atoms with Gasteiger partial charge in [-0.1, -0.05) is 23.7 Å². The van der Waals surface area contributed by atoms with Crippen LogP contribution in [0, 0.1) is 0 Å². The minimum atomic E-state index is -1.03. The highest BCUT2D eigenvalue weighted by Gasteiger charge is 2.10. The van der Waals surface area contributed by atoms with Crippen molar-refractivity contribution in [3.63, 3.8) is 0 Å². The van der Waals surface area contributed by atoms with E-state index >= 15 is 0 Å². The Labute approximate surface area is 153 Å². The van der Waals surface area contributed by atoms with E-state index in [1.54, 1.807) is 24.3 Å². The third-order valence-corrected chi connectivity index (χ3v) is 4.07. The molecule has 0 amide bonds. The molecule has 1 aromatic heterocycles. The molecule has 1 heterocycles. The third-order valence-electron chi connectivity index (χ3n) is 3.74. The number of hydrogen-bond acceptors (Lipinski definition) is 4. The number of rotatable bonds is 6. The lowest BCUT2D eigenvalue weighted by atomic mass is 10.1. The molecule has 2 aromatic carbocycles. The third kappa shape index (κ3) is 3.87. The predicted molar refractivity (Wildman–Crippen MR) is 96.8 cm³/mol. The summed E-state index contributed by atoms with van der Waals surface area (Å²) in [6, 6.07) is 14.3. The maximum atomic E-state index is 11.0. The standard InChI is InChI=1S/C19H14ClNO5/c20-15-7-5-13(19(24)25)9-16(15)21-10-14-6-8-17(26-14)11-1-3-12(4-2-11)18(22)23/h1-9,21H,10H2,(H,22,23)(H,24,25). The van der Waals surface area contributed by atoms with Crippen LogP contribution < -0.4 is 5.32 Å². The summed E-state index contributed by atoms with van der Waals surface area (Å²) in [4.78, 5) is 21.9. The van der Waals surface area contributed by atoms with Crippen molar-refractivity contribution >= 4 is 29.2 Å². The van der Waals surface area contributed by atoms with E-state index in [9.17, 15) is 9.59 Å². The number of nitrogens with one attached hydrogen (secondary N) is 1. The Balaban J connectivity index is 1.72. The fourth-order valence-electron chi connectivity index (χ4n) is 2.38. The quantitative estimate of drug-likeness (QED) is 0.585. The van der Waals surface area contributed by atoms with Crippen LogP contribution in [0.1, 0.15) is 26.5 Å². The Hall–Kier alpha value is -3.25. The smallest absolute Gasteiger partial charge is 0.335 e. The van der Waals surface area contributed by atoms with Gasteiger partial charge in [0.15, 0.2) is 0 Å². The van der Waals surface area contributed by atoms with E-state index in [2.05, 4.69) is 5.32 Å². The Morgan fingerprint density at radius 1 is 0.923 bits per heavy atom. The monoisotopic (exact) mass is 371 g/mol. The molecule has 6 nitrogen and oxygen atoms in total. The summed E-state index contributed by atoms with van der Waals surface area (Å²) in [6.45, 7) is 0.315. The molecular formula is C19H14ClNO5. The lowest BCUT2D eigenvalue weighted by Gasteiger charge is -2.08. The molecule has 0 atom stereocenters. The highest BCUT2D eigenvalue weighted by atomic mass is 35.5. The molecule has 132 valence electrons. The highest BCUT2D eigenvalue weighted by molar-refractivity contribution is 6.33. The molecule has 0 saturated carbocycles. The maximum absolute atomic E-state index is 11.0. The van der Waals surface area contributed by atoms with Crippen molar-refractivity contribution in [2.45, 2.75) is 6.54 Å². The molecule has 0 saturated heterocycles. The summed E-state index contributed by atoms with van der Waals surface area (Å²) in [5, 5.41) is 21.4. The van der Waals surface area contributed by atoms with Gasteiger partial charge in [0.2, 0.25) is 0 Å².